The van der Waals surface area contributed by atoms with Crippen molar-refractivity contribution in [3.05, 3.63) is 215 Å². The van der Waals surface area contributed by atoms with Gasteiger partial charge in [-0.2, -0.15) is 5.06 Å². The highest BCUT2D eigenvalue weighted by Crippen LogP contribution is 2.30. The summed E-state index contributed by atoms with van der Waals surface area (Å²) in [5.41, 5.74) is 3.19. The van der Waals surface area contributed by atoms with Crippen LogP contribution in [-0.2, 0) is 69.4 Å². The Morgan fingerprint density at radius 1 is 0.571 bits per heavy atom. The van der Waals surface area contributed by atoms with Gasteiger partial charge in [-0.1, -0.05) is 173 Å². The molecule has 0 unspecified atom stereocenters. The van der Waals surface area contributed by atoms with E-state index < -0.39 is 72.6 Å². The highest BCUT2D eigenvalue weighted by Gasteiger charge is 2.34. The molecule has 19 heteroatoms. The highest BCUT2D eigenvalue weighted by molar-refractivity contribution is 6.00. The van der Waals surface area contributed by atoms with Crippen molar-refractivity contribution in [3.63, 3.8) is 0 Å². The zero-order valence-corrected chi connectivity index (χ0v) is 46.6. The third kappa shape index (κ3) is 18.8. The largest absolute Gasteiger partial charge is 0.488 e. The summed E-state index contributed by atoms with van der Waals surface area (Å²) in [6.45, 7) is 2.66. The van der Waals surface area contributed by atoms with Crippen molar-refractivity contribution in [2.45, 2.75) is 90.9 Å². The Hall–Kier alpha value is -10.0. The quantitative estimate of drug-likeness (QED) is 0.00887. The SMILES string of the molecule is CCCCC[C@@H](C(=O)NCNC(=O)c1ccc(-c2ccc(C(=O)N[C@@H](CC(=O)OCc3ccccc3)C(=O)OCc3ccccc3)c(OCC(=O)OCc3ccccc3)c2)o1)[C@@H](CC)N(C=O)OC(=O)c1ccccc1OCc1ccccc1. The molecule has 0 radical (unpaired) electrons. The average molecular weight is 1140 g/mol. The fraction of sp³-hybridized carbons (Fsp3) is 0.262. The molecule has 84 heavy (non-hydrogen) atoms. The number of carbonyl (C=O) groups is 8. The first kappa shape index (κ1) is 61.6. The topological polar surface area (TPSA) is 244 Å². The molecule has 3 N–H and O–H groups in total. The van der Waals surface area contributed by atoms with Crippen molar-refractivity contribution in [1.29, 1.82) is 0 Å². The molecule has 0 aliphatic carbocycles. The van der Waals surface area contributed by atoms with Gasteiger partial charge in [0.1, 0.15) is 55.3 Å². The number of hydrogen-bond donors (Lipinski definition) is 3. The number of furan rings is 1. The van der Waals surface area contributed by atoms with Crippen molar-refractivity contribution in [1.82, 2.24) is 21.0 Å². The van der Waals surface area contributed by atoms with E-state index in [0.717, 1.165) is 29.0 Å². The number of nitrogens with zero attached hydrogens (tertiary/aromatic N) is 1. The molecule has 0 aliphatic rings. The number of unbranched alkanes of at least 4 members (excludes halogenated alkanes) is 2. The summed E-state index contributed by atoms with van der Waals surface area (Å²) in [5.74, 6) is -6.24. The Labute approximate surface area is 486 Å². The minimum atomic E-state index is -1.53. The van der Waals surface area contributed by atoms with Crippen LogP contribution in [0.15, 0.2) is 180 Å². The van der Waals surface area contributed by atoms with Crippen LogP contribution in [0.2, 0.25) is 0 Å². The molecule has 3 atom stereocenters. The number of nitrogens with one attached hydrogen (secondary N) is 3. The maximum Gasteiger partial charge on any atom is 0.366 e. The van der Waals surface area contributed by atoms with Gasteiger partial charge in [-0.15, -0.1) is 0 Å². The second-order valence-corrected chi connectivity index (χ2v) is 19.2. The van der Waals surface area contributed by atoms with Crippen molar-refractivity contribution in [3.8, 4) is 22.8 Å². The van der Waals surface area contributed by atoms with Crippen LogP contribution in [-0.4, -0.2) is 78.4 Å². The molecule has 0 saturated heterocycles. The standard InChI is InChI=1S/C65H66N4O15/c1-3-5-10-29-50(54(4-2)69(44-70)84-64(76)52-30-19-20-31-56(52)78-38-45-21-11-6-12-22-45)61(73)66-43-67-63(75)57-35-34-55(83-57)49-32-33-51(58(36-49)79-42-60(72)81-40-47-25-15-8-16-26-47)62(74)68-53(65(77)82-41-48-27-17-9-18-28-48)37-59(71)80-39-46-23-13-7-14-24-46/h6-9,11-28,30-36,44,50,53-54H,3-5,10,29,37-43H2,1-2H3,(H,66,73)(H,67,75)(H,68,74)/t50-,53+,54-/m1/s1. The zero-order chi connectivity index (χ0) is 59.5. The van der Waals surface area contributed by atoms with Gasteiger partial charge in [-0.25, -0.2) is 14.4 Å². The Bertz CT molecular complexity index is 3280. The van der Waals surface area contributed by atoms with Gasteiger partial charge in [0.15, 0.2) is 12.4 Å². The summed E-state index contributed by atoms with van der Waals surface area (Å²) in [7, 11) is 0. The molecule has 436 valence electrons. The van der Waals surface area contributed by atoms with Gasteiger partial charge >= 0.3 is 23.9 Å². The molecule has 4 amide bonds. The molecule has 0 spiro atoms. The van der Waals surface area contributed by atoms with Crippen molar-refractivity contribution < 1.29 is 71.3 Å². The fourth-order valence-corrected chi connectivity index (χ4v) is 8.73. The third-order valence-corrected chi connectivity index (χ3v) is 13.2. The van der Waals surface area contributed by atoms with Crippen LogP contribution in [0.5, 0.6) is 11.5 Å². The Morgan fingerprint density at radius 2 is 1.15 bits per heavy atom. The Kier molecular flexibility index (Phi) is 23.8. The van der Waals surface area contributed by atoms with E-state index in [-0.39, 0.29) is 73.7 Å². The number of hydroxylamine groups is 2. The lowest BCUT2D eigenvalue weighted by Crippen LogP contribution is -2.49. The van der Waals surface area contributed by atoms with Crippen LogP contribution in [0.1, 0.15) is 106 Å². The van der Waals surface area contributed by atoms with E-state index in [1.165, 1.54) is 36.4 Å². The predicted octanol–water partition coefficient (Wildman–Crippen LogP) is 9.63. The van der Waals surface area contributed by atoms with E-state index in [4.69, 9.17) is 32.9 Å². The van der Waals surface area contributed by atoms with Crippen LogP contribution in [0.3, 0.4) is 0 Å². The van der Waals surface area contributed by atoms with Crippen LogP contribution >= 0.6 is 0 Å². The van der Waals surface area contributed by atoms with Gasteiger partial charge in [0.05, 0.1) is 30.6 Å². The molecular weight excluding hydrogens is 1080 g/mol. The second-order valence-electron chi connectivity index (χ2n) is 19.2. The molecule has 7 aromatic rings. The molecule has 7 rings (SSSR count). The van der Waals surface area contributed by atoms with Crippen molar-refractivity contribution in [2.24, 2.45) is 5.92 Å². The first-order valence-electron chi connectivity index (χ1n) is 27.5. The molecule has 6 aromatic carbocycles. The van der Waals surface area contributed by atoms with Gasteiger partial charge in [-0.05, 0) is 71.5 Å². The third-order valence-electron chi connectivity index (χ3n) is 13.2. The van der Waals surface area contributed by atoms with E-state index in [0.29, 0.717) is 35.9 Å². The first-order valence-corrected chi connectivity index (χ1v) is 27.5. The van der Waals surface area contributed by atoms with Gasteiger partial charge in [0.25, 0.3) is 11.8 Å². The smallest absolute Gasteiger partial charge is 0.366 e. The summed E-state index contributed by atoms with van der Waals surface area (Å²) in [5, 5.41) is 8.79. The fourth-order valence-electron chi connectivity index (χ4n) is 8.73. The van der Waals surface area contributed by atoms with Crippen LogP contribution in [0.4, 0.5) is 0 Å². The number of para-hydroxylation sites is 1. The number of carbonyl (C=O) groups excluding carboxylic acids is 8. The summed E-state index contributed by atoms with van der Waals surface area (Å²) in [6.07, 6.45) is 2.60. The number of esters is 3. The lowest BCUT2D eigenvalue weighted by molar-refractivity contribution is -0.171. The van der Waals surface area contributed by atoms with E-state index in [9.17, 15) is 38.4 Å². The van der Waals surface area contributed by atoms with Gasteiger partial charge in [-0.3, -0.25) is 24.0 Å². The van der Waals surface area contributed by atoms with Crippen molar-refractivity contribution >= 4 is 48.0 Å². The van der Waals surface area contributed by atoms with Crippen LogP contribution in [0.25, 0.3) is 11.3 Å². The molecular formula is C65H66N4O15. The van der Waals surface area contributed by atoms with Crippen LogP contribution < -0.4 is 25.4 Å². The van der Waals surface area contributed by atoms with Gasteiger partial charge in [0.2, 0.25) is 12.3 Å². The summed E-state index contributed by atoms with van der Waals surface area (Å²) >= 11 is 0. The average Bonchev–Trinajstić information content (AvgIpc) is 4.01. The molecule has 0 aliphatic heterocycles. The number of benzene rings is 6. The Balaban J connectivity index is 1.03. The molecule has 19 nitrogen and oxygen atoms in total. The van der Waals surface area contributed by atoms with E-state index in [2.05, 4.69) is 16.0 Å². The first-order chi connectivity index (χ1) is 40.9. The maximum absolute atomic E-state index is 14.2. The van der Waals surface area contributed by atoms with Crippen molar-refractivity contribution in [2.75, 3.05) is 13.3 Å². The molecule has 0 fully saturated rings. The minimum absolute atomic E-state index is 0.0536. The lowest BCUT2D eigenvalue weighted by Gasteiger charge is -2.32. The zero-order valence-electron chi connectivity index (χ0n) is 46.6. The number of rotatable bonds is 32. The monoisotopic (exact) mass is 1140 g/mol. The second kappa shape index (κ2) is 32.4. The van der Waals surface area contributed by atoms with Gasteiger partial charge < -0.3 is 48.9 Å². The summed E-state index contributed by atoms with van der Waals surface area (Å²) in [6, 6.07) is 47.2. The predicted molar refractivity (Wildman–Crippen MR) is 307 cm³/mol. The molecule has 1 aromatic heterocycles. The number of ether oxygens (including phenoxy) is 5. The maximum atomic E-state index is 14.2. The highest BCUT2D eigenvalue weighted by atomic mass is 16.7. The van der Waals surface area contributed by atoms with E-state index >= 15 is 0 Å². The molecule has 0 saturated carbocycles. The van der Waals surface area contributed by atoms with E-state index in [1.807, 2.05) is 49.4 Å². The normalized spacial score (nSPS) is 11.8. The molecule has 0 bridgehead atoms. The lowest BCUT2D eigenvalue weighted by atomic mass is 9.90. The summed E-state index contributed by atoms with van der Waals surface area (Å²) in [4.78, 5) is 114. The van der Waals surface area contributed by atoms with E-state index in [1.54, 1.807) is 104 Å². The van der Waals surface area contributed by atoms with Gasteiger partial charge in [0, 0.05) is 5.56 Å². The number of hydrogen-bond acceptors (Lipinski definition) is 15. The number of amides is 4. The molecule has 1 heterocycles. The minimum Gasteiger partial charge on any atom is -0.488 e. The Morgan fingerprint density at radius 3 is 1.76 bits per heavy atom. The summed E-state index contributed by atoms with van der Waals surface area (Å²) < 4.78 is 34.2. The van der Waals surface area contributed by atoms with Crippen LogP contribution in [0, 0.1) is 5.92 Å².